The number of methoxy groups -OCH3 is 1. The number of anilines is 1. The average Bonchev–Trinajstić information content (AvgIpc) is 2.65. The molecule has 2 amide bonds. The Balaban J connectivity index is 1.95. The van der Waals surface area contributed by atoms with Crippen molar-refractivity contribution in [3.63, 3.8) is 0 Å². The first-order valence-corrected chi connectivity index (χ1v) is 9.96. The van der Waals surface area contributed by atoms with Crippen molar-refractivity contribution in [1.82, 2.24) is 5.43 Å². The van der Waals surface area contributed by atoms with E-state index < -0.39 is 18.2 Å². The second kappa shape index (κ2) is 11.0. The molecular formula is C19H18BrCl2N3O4. The molecule has 2 aromatic rings. The van der Waals surface area contributed by atoms with Crippen molar-refractivity contribution in [2.45, 2.75) is 13.3 Å². The number of nitrogens with zero attached hydrogens (tertiary/aromatic N) is 1. The fourth-order valence-corrected chi connectivity index (χ4v) is 3.25. The highest BCUT2D eigenvalue weighted by Gasteiger charge is 2.13. The molecule has 0 aromatic heterocycles. The number of rotatable bonds is 8. The summed E-state index contributed by atoms with van der Waals surface area (Å²) in [5.41, 5.74) is 3.29. The van der Waals surface area contributed by atoms with Gasteiger partial charge in [0, 0.05) is 0 Å². The molecule has 0 aliphatic heterocycles. The van der Waals surface area contributed by atoms with Gasteiger partial charge in [0.2, 0.25) is 11.8 Å². The van der Waals surface area contributed by atoms with E-state index in [0.717, 1.165) is 0 Å². The Labute approximate surface area is 186 Å². The molecule has 10 heteroatoms. The van der Waals surface area contributed by atoms with Crippen LogP contribution in [0.15, 0.2) is 39.9 Å². The number of hydrazone groups is 1. The summed E-state index contributed by atoms with van der Waals surface area (Å²) in [6.45, 7) is 2.32. The molecule has 2 N–H and O–H groups in total. The van der Waals surface area contributed by atoms with Gasteiger partial charge in [-0.25, -0.2) is 5.43 Å². The van der Waals surface area contributed by atoms with Gasteiger partial charge in [0.05, 0.1) is 40.1 Å². The molecule has 0 atom stereocenters. The molecule has 0 bridgehead atoms. The number of halogens is 3. The topological polar surface area (TPSA) is 89.0 Å². The van der Waals surface area contributed by atoms with E-state index in [9.17, 15) is 9.59 Å². The summed E-state index contributed by atoms with van der Waals surface area (Å²) in [5.74, 6) is -0.0403. The Morgan fingerprint density at radius 1 is 1.24 bits per heavy atom. The van der Waals surface area contributed by atoms with E-state index in [0.29, 0.717) is 38.9 Å². The maximum atomic E-state index is 12.0. The number of carbonyl (C=O) groups is 2. The Hall–Kier alpha value is -2.29. The number of hydrogen-bond acceptors (Lipinski definition) is 5. The van der Waals surface area contributed by atoms with E-state index in [2.05, 4.69) is 31.8 Å². The maximum absolute atomic E-state index is 12.0. The number of benzene rings is 2. The fraction of sp³-hybridized carbons (Fsp3) is 0.211. The zero-order valence-corrected chi connectivity index (χ0v) is 18.7. The molecular weight excluding hydrogens is 485 g/mol. The third-order valence-electron chi connectivity index (χ3n) is 3.49. The molecule has 154 valence electrons. The Kier molecular flexibility index (Phi) is 8.75. The first-order valence-electron chi connectivity index (χ1n) is 8.41. The standard InChI is InChI=1S/C19H18BrCl2N3O4/c1-3-29-15-8-11(7-12(20)19(15)28-2)10-23-25-17(27)9-16(26)24-14-6-4-5-13(21)18(14)22/h4-8,10H,3,9H2,1-2H3,(H,24,26)(H,25,27). The molecule has 2 aromatic carbocycles. The molecule has 0 unspecified atom stereocenters. The largest absolute Gasteiger partial charge is 0.492 e. The lowest BCUT2D eigenvalue weighted by Gasteiger charge is -2.11. The number of amides is 2. The summed E-state index contributed by atoms with van der Waals surface area (Å²) < 4.78 is 11.5. The van der Waals surface area contributed by atoms with Gasteiger partial charge in [-0.15, -0.1) is 0 Å². The van der Waals surface area contributed by atoms with Gasteiger partial charge in [0.15, 0.2) is 11.5 Å². The van der Waals surface area contributed by atoms with Crippen LogP contribution in [0, 0.1) is 0 Å². The molecule has 29 heavy (non-hydrogen) atoms. The van der Waals surface area contributed by atoms with Crippen LogP contribution >= 0.6 is 39.1 Å². The van der Waals surface area contributed by atoms with Crippen molar-refractivity contribution in [1.29, 1.82) is 0 Å². The van der Waals surface area contributed by atoms with Crippen LogP contribution in [-0.4, -0.2) is 31.7 Å². The molecule has 7 nitrogen and oxygen atoms in total. The minimum atomic E-state index is -0.588. The lowest BCUT2D eigenvalue weighted by Crippen LogP contribution is -2.24. The smallest absolute Gasteiger partial charge is 0.249 e. The fourth-order valence-electron chi connectivity index (χ4n) is 2.28. The van der Waals surface area contributed by atoms with E-state index in [4.69, 9.17) is 32.7 Å². The third-order valence-corrected chi connectivity index (χ3v) is 4.89. The molecule has 0 spiro atoms. The van der Waals surface area contributed by atoms with E-state index >= 15 is 0 Å². The highest BCUT2D eigenvalue weighted by molar-refractivity contribution is 9.10. The number of ether oxygens (including phenoxy) is 2. The monoisotopic (exact) mass is 501 g/mol. The van der Waals surface area contributed by atoms with Crippen molar-refractivity contribution < 1.29 is 19.1 Å². The van der Waals surface area contributed by atoms with Gasteiger partial charge in [-0.1, -0.05) is 29.3 Å². The van der Waals surface area contributed by atoms with Crippen LogP contribution in [0.25, 0.3) is 0 Å². The average molecular weight is 503 g/mol. The second-order valence-electron chi connectivity index (χ2n) is 5.59. The molecule has 0 aliphatic carbocycles. The Morgan fingerprint density at radius 3 is 2.69 bits per heavy atom. The summed E-state index contributed by atoms with van der Waals surface area (Å²) in [5, 5.41) is 6.90. The normalized spacial score (nSPS) is 10.7. The van der Waals surface area contributed by atoms with Gasteiger partial charge in [0.25, 0.3) is 0 Å². The summed E-state index contributed by atoms with van der Waals surface area (Å²) >= 11 is 15.3. The molecule has 0 heterocycles. The highest BCUT2D eigenvalue weighted by Crippen LogP contribution is 2.36. The molecule has 0 fully saturated rings. The molecule has 0 saturated heterocycles. The van der Waals surface area contributed by atoms with Crippen LogP contribution < -0.4 is 20.2 Å². The highest BCUT2D eigenvalue weighted by atomic mass is 79.9. The van der Waals surface area contributed by atoms with Crippen LogP contribution in [0.1, 0.15) is 18.9 Å². The van der Waals surface area contributed by atoms with Crippen molar-refractivity contribution in [2.75, 3.05) is 19.0 Å². The minimum Gasteiger partial charge on any atom is -0.492 e. The van der Waals surface area contributed by atoms with Gasteiger partial charge < -0.3 is 14.8 Å². The van der Waals surface area contributed by atoms with Crippen molar-refractivity contribution in [2.24, 2.45) is 5.10 Å². The second-order valence-corrected chi connectivity index (χ2v) is 7.23. The van der Waals surface area contributed by atoms with Crippen LogP contribution in [0.4, 0.5) is 5.69 Å². The van der Waals surface area contributed by atoms with Gasteiger partial charge in [-0.05, 0) is 52.7 Å². The van der Waals surface area contributed by atoms with Gasteiger partial charge in [0.1, 0.15) is 6.42 Å². The van der Waals surface area contributed by atoms with Gasteiger partial charge >= 0.3 is 0 Å². The van der Waals surface area contributed by atoms with Gasteiger partial charge in [-0.2, -0.15) is 5.10 Å². The lowest BCUT2D eigenvalue weighted by molar-refractivity contribution is -0.126. The van der Waals surface area contributed by atoms with Crippen LogP contribution in [0.5, 0.6) is 11.5 Å². The molecule has 0 saturated carbocycles. The molecule has 2 rings (SSSR count). The first kappa shape index (κ1) is 23.0. The summed E-state index contributed by atoms with van der Waals surface area (Å²) in [6.07, 6.45) is 0.993. The lowest BCUT2D eigenvalue weighted by atomic mass is 10.2. The first-order chi connectivity index (χ1) is 13.8. The predicted octanol–water partition coefficient (Wildman–Crippen LogP) is 4.64. The van der Waals surface area contributed by atoms with Crippen molar-refractivity contribution >= 4 is 62.8 Å². The number of carbonyl (C=O) groups excluding carboxylic acids is 2. The quantitative estimate of drug-likeness (QED) is 0.312. The van der Waals surface area contributed by atoms with Crippen LogP contribution in [0.2, 0.25) is 10.0 Å². The SMILES string of the molecule is CCOc1cc(C=NNC(=O)CC(=O)Nc2cccc(Cl)c2Cl)cc(Br)c1OC. The number of hydrogen-bond donors (Lipinski definition) is 2. The van der Waals surface area contributed by atoms with E-state index in [1.807, 2.05) is 6.92 Å². The minimum absolute atomic E-state index is 0.205. The van der Waals surface area contributed by atoms with Crippen LogP contribution in [0.3, 0.4) is 0 Å². The van der Waals surface area contributed by atoms with Crippen LogP contribution in [-0.2, 0) is 9.59 Å². The zero-order valence-electron chi connectivity index (χ0n) is 15.6. The molecule has 0 aliphatic rings. The van der Waals surface area contributed by atoms with Crippen molar-refractivity contribution in [3.05, 3.63) is 50.4 Å². The Morgan fingerprint density at radius 2 is 2.00 bits per heavy atom. The van der Waals surface area contributed by atoms with Crippen molar-refractivity contribution in [3.8, 4) is 11.5 Å². The summed E-state index contributed by atoms with van der Waals surface area (Å²) in [6, 6.07) is 8.29. The summed E-state index contributed by atoms with van der Waals surface area (Å²) in [4.78, 5) is 23.9. The number of nitrogens with one attached hydrogen (secondary N) is 2. The Bertz CT molecular complexity index is 938. The maximum Gasteiger partial charge on any atom is 0.249 e. The molecule has 0 radical (unpaired) electrons. The third kappa shape index (κ3) is 6.62. The van der Waals surface area contributed by atoms with Gasteiger partial charge in [-0.3, -0.25) is 9.59 Å². The predicted molar refractivity (Wildman–Crippen MR) is 117 cm³/mol. The summed E-state index contributed by atoms with van der Waals surface area (Å²) in [7, 11) is 1.54. The van der Waals surface area contributed by atoms with E-state index in [1.165, 1.54) is 13.3 Å². The zero-order chi connectivity index (χ0) is 21.4. The van der Waals surface area contributed by atoms with E-state index in [1.54, 1.807) is 30.3 Å². The van der Waals surface area contributed by atoms with E-state index in [-0.39, 0.29) is 5.02 Å².